The topological polar surface area (TPSA) is 36.5 Å². The van der Waals surface area contributed by atoms with E-state index in [1.54, 1.807) is 7.11 Å². The Morgan fingerprint density at radius 2 is 1.73 bits per heavy atom. The standard InChI is InChI=1S/C21H31N3OS/c1-25-20-11-4-6-15(14-20)22-21(26)23-16-12-18-9-5-10-19(13-16)24(18)17-7-2-3-8-17/h4,6,11,14,16-19H,2-3,5,7-10,12-13H2,1H3,(H2,22,23,26)/t18-,19-/m0/s1. The number of thiocarbonyl (C=S) groups is 1. The van der Waals surface area contributed by atoms with Crippen molar-refractivity contribution in [1.29, 1.82) is 0 Å². The van der Waals surface area contributed by atoms with Crippen LogP contribution in [0, 0.1) is 0 Å². The largest absolute Gasteiger partial charge is 0.497 e. The maximum atomic E-state index is 5.59. The van der Waals surface area contributed by atoms with Gasteiger partial charge in [0, 0.05) is 35.9 Å². The Balaban J connectivity index is 1.35. The molecule has 4 nitrogen and oxygen atoms in total. The lowest BCUT2D eigenvalue weighted by atomic mass is 9.80. The fraction of sp³-hybridized carbons (Fsp3) is 0.667. The summed E-state index contributed by atoms with van der Waals surface area (Å²) in [7, 11) is 1.69. The number of benzene rings is 1. The first kappa shape index (κ1) is 18.1. The number of fused-ring (bicyclic) bond motifs is 2. The van der Waals surface area contributed by atoms with Crippen molar-refractivity contribution in [1.82, 2.24) is 10.2 Å². The molecule has 1 aromatic carbocycles. The zero-order chi connectivity index (χ0) is 17.9. The van der Waals surface area contributed by atoms with Gasteiger partial charge in [-0.3, -0.25) is 4.90 Å². The van der Waals surface area contributed by atoms with Crippen molar-refractivity contribution < 1.29 is 4.74 Å². The minimum atomic E-state index is 0.494. The van der Waals surface area contributed by atoms with Gasteiger partial charge in [-0.2, -0.15) is 0 Å². The van der Waals surface area contributed by atoms with E-state index in [-0.39, 0.29) is 0 Å². The molecule has 5 heteroatoms. The summed E-state index contributed by atoms with van der Waals surface area (Å²) >= 11 is 5.59. The van der Waals surface area contributed by atoms with Gasteiger partial charge in [-0.25, -0.2) is 0 Å². The van der Waals surface area contributed by atoms with E-state index in [4.69, 9.17) is 17.0 Å². The molecule has 2 N–H and O–H groups in total. The van der Waals surface area contributed by atoms with E-state index in [0.29, 0.717) is 6.04 Å². The van der Waals surface area contributed by atoms with Crippen molar-refractivity contribution in [3.05, 3.63) is 24.3 Å². The molecule has 3 aliphatic rings. The summed E-state index contributed by atoms with van der Waals surface area (Å²) in [4.78, 5) is 2.91. The van der Waals surface area contributed by atoms with E-state index < -0.39 is 0 Å². The SMILES string of the molecule is COc1cccc(NC(=S)NC2C[C@@H]3CCC[C@@H](C2)N3C2CCCC2)c1. The molecular formula is C21H31N3OS. The first-order chi connectivity index (χ1) is 12.7. The van der Waals surface area contributed by atoms with E-state index in [1.807, 2.05) is 24.3 Å². The van der Waals surface area contributed by atoms with Gasteiger partial charge in [-0.05, 0) is 62.9 Å². The number of piperidine rings is 2. The molecule has 1 saturated carbocycles. The molecule has 2 atom stereocenters. The molecule has 3 fully saturated rings. The Morgan fingerprint density at radius 3 is 2.42 bits per heavy atom. The van der Waals surface area contributed by atoms with Crippen LogP contribution in [0.15, 0.2) is 24.3 Å². The molecule has 0 unspecified atom stereocenters. The monoisotopic (exact) mass is 373 g/mol. The normalized spacial score (nSPS) is 29.3. The zero-order valence-corrected chi connectivity index (χ0v) is 16.6. The summed E-state index contributed by atoms with van der Waals surface area (Å²) < 4.78 is 5.29. The van der Waals surface area contributed by atoms with E-state index in [2.05, 4.69) is 15.5 Å². The highest BCUT2D eigenvalue weighted by atomic mass is 32.1. The van der Waals surface area contributed by atoms with Crippen LogP contribution in [0.1, 0.15) is 57.8 Å². The van der Waals surface area contributed by atoms with E-state index in [1.165, 1.54) is 57.8 Å². The Morgan fingerprint density at radius 1 is 1.04 bits per heavy atom. The van der Waals surface area contributed by atoms with Gasteiger partial charge in [0.05, 0.1) is 7.11 Å². The first-order valence-corrected chi connectivity index (χ1v) is 10.6. The van der Waals surface area contributed by atoms with Crippen molar-refractivity contribution in [2.75, 3.05) is 12.4 Å². The average molecular weight is 374 g/mol. The van der Waals surface area contributed by atoms with Crippen molar-refractivity contribution >= 4 is 23.0 Å². The molecule has 0 aromatic heterocycles. The molecule has 26 heavy (non-hydrogen) atoms. The van der Waals surface area contributed by atoms with Crippen molar-refractivity contribution in [3.63, 3.8) is 0 Å². The Bertz CT molecular complexity index is 617. The van der Waals surface area contributed by atoms with Gasteiger partial charge in [0.25, 0.3) is 0 Å². The highest BCUT2D eigenvalue weighted by Gasteiger charge is 2.42. The van der Waals surface area contributed by atoms with Crippen LogP contribution in [-0.2, 0) is 0 Å². The molecule has 2 bridgehead atoms. The molecule has 0 amide bonds. The lowest BCUT2D eigenvalue weighted by molar-refractivity contribution is -0.00596. The molecule has 4 rings (SSSR count). The van der Waals surface area contributed by atoms with Gasteiger partial charge in [0.2, 0.25) is 0 Å². The summed E-state index contributed by atoms with van der Waals surface area (Å²) in [6, 6.07) is 10.8. The van der Waals surface area contributed by atoms with Gasteiger partial charge in [-0.15, -0.1) is 0 Å². The molecule has 0 radical (unpaired) electrons. The highest BCUT2D eigenvalue weighted by molar-refractivity contribution is 7.80. The number of rotatable bonds is 4. The zero-order valence-electron chi connectivity index (χ0n) is 15.7. The molecular weight excluding hydrogens is 342 g/mol. The van der Waals surface area contributed by atoms with Crippen molar-refractivity contribution in [3.8, 4) is 5.75 Å². The van der Waals surface area contributed by atoms with Crippen molar-refractivity contribution in [2.45, 2.75) is 82.0 Å². The van der Waals surface area contributed by atoms with E-state index >= 15 is 0 Å². The van der Waals surface area contributed by atoms with Gasteiger partial charge in [0.1, 0.15) is 5.75 Å². The molecule has 2 saturated heterocycles. The fourth-order valence-electron chi connectivity index (χ4n) is 5.39. The second kappa shape index (κ2) is 8.13. The highest BCUT2D eigenvalue weighted by Crippen LogP contribution is 2.39. The molecule has 1 aromatic rings. The third-order valence-electron chi connectivity index (χ3n) is 6.44. The second-order valence-electron chi connectivity index (χ2n) is 8.12. The summed E-state index contributed by atoms with van der Waals surface area (Å²) in [5.41, 5.74) is 0.977. The fourth-order valence-corrected chi connectivity index (χ4v) is 5.67. The third kappa shape index (κ3) is 3.99. The minimum Gasteiger partial charge on any atom is -0.497 e. The van der Waals surface area contributed by atoms with Crippen LogP contribution < -0.4 is 15.4 Å². The number of anilines is 1. The molecule has 2 aliphatic heterocycles. The number of nitrogens with one attached hydrogen (secondary N) is 2. The summed E-state index contributed by atoms with van der Waals surface area (Å²) in [6.07, 6.45) is 12.3. The smallest absolute Gasteiger partial charge is 0.170 e. The van der Waals surface area contributed by atoms with E-state index in [0.717, 1.165) is 34.7 Å². The Hall–Kier alpha value is -1.33. The maximum absolute atomic E-state index is 5.59. The van der Waals surface area contributed by atoms with Gasteiger partial charge in [0.15, 0.2) is 5.11 Å². The second-order valence-corrected chi connectivity index (χ2v) is 8.53. The quantitative estimate of drug-likeness (QED) is 0.769. The average Bonchev–Trinajstić information content (AvgIpc) is 3.15. The Kier molecular flexibility index (Phi) is 5.65. The number of nitrogens with zero attached hydrogens (tertiary/aromatic N) is 1. The first-order valence-electron chi connectivity index (χ1n) is 10.2. The molecule has 142 valence electrons. The van der Waals surface area contributed by atoms with Crippen LogP contribution in [0.2, 0.25) is 0 Å². The van der Waals surface area contributed by atoms with Crippen LogP contribution in [0.4, 0.5) is 5.69 Å². The molecule has 1 aliphatic carbocycles. The third-order valence-corrected chi connectivity index (χ3v) is 6.66. The predicted molar refractivity (Wildman–Crippen MR) is 111 cm³/mol. The van der Waals surface area contributed by atoms with Crippen LogP contribution in [0.25, 0.3) is 0 Å². The number of methoxy groups -OCH3 is 1. The Labute approximate surface area is 162 Å². The van der Waals surface area contributed by atoms with Crippen molar-refractivity contribution in [2.24, 2.45) is 0 Å². The number of hydrogen-bond acceptors (Lipinski definition) is 3. The molecule has 2 heterocycles. The molecule has 0 spiro atoms. The minimum absolute atomic E-state index is 0.494. The number of hydrogen-bond donors (Lipinski definition) is 2. The van der Waals surface area contributed by atoms with Gasteiger partial charge >= 0.3 is 0 Å². The lowest BCUT2D eigenvalue weighted by Gasteiger charge is -2.52. The van der Waals surface area contributed by atoms with Crippen LogP contribution >= 0.6 is 12.2 Å². The summed E-state index contributed by atoms with van der Waals surface area (Å²) in [6.45, 7) is 0. The van der Waals surface area contributed by atoms with Gasteiger partial charge < -0.3 is 15.4 Å². The van der Waals surface area contributed by atoms with Crippen LogP contribution in [-0.4, -0.2) is 41.3 Å². The van der Waals surface area contributed by atoms with Gasteiger partial charge in [-0.1, -0.05) is 25.3 Å². The van der Waals surface area contributed by atoms with Crippen LogP contribution in [0.5, 0.6) is 5.75 Å². The summed E-state index contributed by atoms with van der Waals surface area (Å²) in [5.74, 6) is 0.845. The maximum Gasteiger partial charge on any atom is 0.170 e. The number of ether oxygens (including phenoxy) is 1. The summed E-state index contributed by atoms with van der Waals surface area (Å²) in [5, 5.41) is 7.65. The van der Waals surface area contributed by atoms with E-state index in [9.17, 15) is 0 Å². The van der Waals surface area contributed by atoms with Crippen LogP contribution in [0.3, 0.4) is 0 Å². The predicted octanol–water partition coefficient (Wildman–Crippen LogP) is 4.31. The lowest BCUT2D eigenvalue weighted by Crippen LogP contribution is -2.59.